The summed E-state index contributed by atoms with van der Waals surface area (Å²) in [6, 6.07) is 12.2. The number of aryl methyl sites for hydroxylation is 2. The normalized spacial score (nSPS) is 12.5. The maximum absolute atomic E-state index is 13.0. The van der Waals surface area contributed by atoms with Crippen LogP contribution in [0.1, 0.15) is 38.6 Å². The van der Waals surface area contributed by atoms with Crippen molar-refractivity contribution in [3.05, 3.63) is 53.2 Å². The van der Waals surface area contributed by atoms with Gasteiger partial charge in [0.15, 0.2) is 0 Å². The summed E-state index contributed by atoms with van der Waals surface area (Å²) in [6.45, 7) is 6.21. The highest BCUT2D eigenvalue weighted by molar-refractivity contribution is 8.00. The molecule has 3 heterocycles. The number of hydrogen-bond acceptors (Lipinski definition) is 5. The van der Waals surface area contributed by atoms with E-state index in [-0.39, 0.29) is 11.2 Å². The number of benzene rings is 1. The van der Waals surface area contributed by atoms with Crippen LogP contribution < -0.4 is 5.32 Å². The van der Waals surface area contributed by atoms with Crippen molar-refractivity contribution in [2.24, 2.45) is 0 Å². The molecule has 0 fully saturated rings. The molecule has 0 bridgehead atoms. The Hall–Kier alpha value is -2.38. The van der Waals surface area contributed by atoms with E-state index in [9.17, 15) is 4.79 Å². The molecule has 4 rings (SSSR count). The summed E-state index contributed by atoms with van der Waals surface area (Å²) in [4.78, 5) is 13.0. The average molecular weight is 425 g/mol. The van der Waals surface area contributed by atoms with Crippen LogP contribution in [0.5, 0.6) is 0 Å². The first-order chi connectivity index (χ1) is 14.2. The van der Waals surface area contributed by atoms with Gasteiger partial charge in [-0.15, -0.1) is 21.5 Å². The van der Waals surface area contributed by atoms with Gasteiger partial charge in [-0.3, -0.25) is 9.20 Å². The van der Waals surface area contributed by atoms with Crippen LogP contribution >= 0.6 is 23.1 Å². The SMILES string of the molecule is CCc1ccccc1NC(=O)[C@H](CC)Sc1nnc(CC)n2c1cc1sccc12. The molecule has 7 heteroatoms. The first-order valence-electron chi connectivity index (χ1n) is 9.95. The average Bonchev–Trinajstić information content (AvgIpc) is 3.34. The third-order valence-corrected chi connectivity index (χ3v) is 7.25. The highest BCUT2D eigenvalue weighted by Gasteiger charge is 2.22. The molecule has 0 aliphatic rings. The topological polar surface area (TPSA) is 59.3 Å². The second kappa shape index (κ2) is 8.55. The van der Waals surface area contributed by atoms with Gasteiger partial charge in [-0.25, -0.2) is 0 Å². The Morgan fingerprint density at radius 1 is 1.14 bits per heavy atom. The van der Waals surface area contributed by atoms with Gasteiger partial charge in [-0.05, 0) is 42.0 Å². The Balaban J connectivity index is 1.65. The number of amides is 1. The third kappa shape index (κ3) is 3.76. The number of thioether (sulfide) groups is 1. The summed E-state index contributed by atoms with van der Waals surface area (Å²) in [6.07, 6.45) is 2.40. The predicted molar refractivity (Wildman–Crippen MR) is 122 cm³/mol. The molecule has 0 radical (unpaired) electrons. The molecule has 0 aliphatic heterocycles. The summed E-state index contributed by atoms with van der Waals surface area (Å²) >= 11 is 3.21. The Kier molecular flexibility index (Phi) is 5.87. The van der Waals surface area contributed by atoms with Crippen LogP contribution in [-0.4, -0.2) is 25.8 Å². The Bertz CT molecular complexity index is 1160. The number of carbonyl (C=O) groups is 1. The van der Waals surface area contributed by atoms with Crippen molar-refractivity contribution < 1.29 is 4.79 Å². The van der Waals surface area contributed by atoms with E-state index in [0.29, 0.717) is 6.42 Å². The number of fused-ring (bicyclic) bond motifs is 3. The van der Waals surface area contributed by atoms with Gasteiger partial charge in [0.25, 0.3) is 0 Å². The van der Waals surface area contributed by atoms with E-state index in [2.05, 4.69) is 57.3 Å². The van der Waals surface area contributed by atoms with Crippen molar-refractivity contribution in [1.29, 1.82) is 0 Å². The van der Waals surface area contributed by atoms with E-state index in [1.807, 2.05) is 25.1 Å². The van der Waals surface area contributed by atoms with Gasteiger partial charge in [-0.2, -0.15) is 0 Å². The fraction of sp³-hybridized carbons (Fsp3) is 0.318. The fourth-order valence-corrected chi connectivity index (χ4v) is 5.26. The number of rotatable bonds is 7. The van der Waals surface area contributed by atoms with E-state index in [4.69, 9.17) is 0 Å². The van der Waals surface area contributed by atoms with Crippen molar-refractivity contribution in [3.8, 4) is 0 Å². The lowest BCUT2D eigenvalue weighted by Crippen LogP contribution is -2.25. The van der Waals surface area contributed by atoms with Crippen LogP contribution in [0.15, 0.2) is 46.8 Å². The van der Waals surface area contributed by atoms with E-state index >= 15 is 0 Å². The summed E-state index contributed by atoms with van der Waals surface area (Å²) in [5, 5.41) is 14.7. The van der Waals surface area contributed by atoms with E-state index < -0.39 is 0 Å². The van der Waals surface area contributed by atoms with E-state index in [0.717, 1.165) is 46.0 Å². The molecular formula is C22H24N4OS2. The third-order valence-electron chi connectivity index (χ3n) is 5.05. The molecule has 29 heavy (non-hydrogen) atoms. The molecule has 5 nitrogen and oxygen atoms in total. The summed E-state index contributed by atoms with van der Waals surface area (Å²) in [7, 11) is 0. The summed E-state index contributed by atoms with van der Waals surface area (Å²) in [5.74, 6) is 0.943. The van der Waals surface area contributed by atoms with Crippen LogP contribution in [0.25, 0.3) is 15.7 Å². The number of nitrogens with one attached hydrogen (secondary N) is 1. The first kappa shape index (κ1) is 19.9. The van der Waals surface area contributed by atoms with Crippen molar-refractivity contribution in [1.82, 2.24) is 14.6 Å². The van der Waals surface area contributed by atoms with Gasteiger partial charge in [0, 0.05) is 12.1 Å². The highest BCUT2D eigenvalue weighted by atomic mass is 32.2. The zero-order chi connectivity index (χ0) is 20.4. The number of carbonyl (C=O) groups excluding carboxylic acids is 1. The number of anilines is 1. The molecule has 4 aromatic rings. The number of para-hydroxylation sites is 1. The van der Waals surface area contributed by atoms with Crippen LogP contribution in [0.4, 0.5) is 5.69 Å². The highest BCUT2D eigenvalue weighted by Crippen LogP contribution is 2.34. The minimum atomic E-state index is -0.238. The van der Waals surface area contributed by atoms with Crippen LogP contribution in [-0.2, 0) is 17.6 Å². The van der Waals surface area contributed by atoms with Crippen molar-refractivity contribution in [2.45, 2.75) is 50.3 Å². The molecule has 0 saturated heterocycles. The molecule has 3 aromatic heterocycles. The Morgan fingerprint density at radius 3 is 2.72 bits per heavy atom. The van der Waals surface area contributed by atoms with Gasteiger partial charge < -0.3 is 5.32 Å². The lowest BCUT2D eigenvalue weighted by atomic mass is 10.1. The molecule has 0 unspecified atom stereocenters. The molecule has 1 amide bonds. The summed E-state index contributed by atoms with van der Waals surface area (Å²) < 4.78 is 3.39. The molecule has 0 saturated carbocycles. The smallest absolute Gasteiger partial charge is 0.237 e. The minimum absolute atomic E-state index is 0.00582. The Morgan fingerprint density at radius 2 is 1.97 bits per heavy atom. The molecule has 1 atom stereocenters. The largest absolute Gasteiger partial charge is 0.325 e. The van der Waals surface area contributed by atoms with E-state index in [1.165, 1.54) is 16.5 Å². The zero-order valence-electron chi connectivity index (χ0n) is 16.8. The Labute approximate surface area is 178 Å². The fourth-order valence-electron chi connectivity index (χ4n) is 3.49. The number of nitrogens with zero attached hydrogens (tertiary/aromatic N) is 3. The van der Waals surface area contributed by atoms with Crippen molar-refractivity contribution >= 4 is 50.4 Å². The van der Waals surface area contributed by atoms with Crippen LogP contribution in [0.2, 0.25) is 0 Å². The number of thiophene rings is 1. The molecular weight excluding hydrogens is 400 g/mol. The van der Waals surface area contributed by atoms with E-state index in [1.54, 1.807) is 11.3 Å². The van der Waals surface area contributed by atoms with Gasteiger partial charge in [-0.1, -0.05) is 50.7 Å². The van der Waals surface area contributed by atoms with Crippen molar-refractivity contribution in [2.75, 3.05) is 5.32 Å². The predicted octanol–water partition coefficient (Wildman–Crippen LogP) is 5.58. The van der Waals surface area contributed by atoms with Crippen LogP contribution in [0.3, 0.4) is 0 Å². The zero-order valence-corrected chi connectivity index (χ0v) is 18.4. The van der Waals surface area contributed by atoms with Gasteiger partial charge in [0.1, 0.15) is 10.9 Å². The molecule has 1 N–H and O–H groups in total. The standard InChI is InChI=1S/C22H24N4OS2/c1-4-14-9-7-8-10-15(14)23-21(27)18(5-2)29-22-17-13-19-16(11-12-28-19)26(17)20(6-3)24-25-22/h7-13,18H,4-6H2,1-3H3,(H,23,27)/t18-/m0/s1. The first-order valence-corrected chi connectivity index (χ1v) is 11.7. The minimum Gasteiger partial charge on any atom is -0.325 e. The lowest BCUT2D eigenvalue weighted by Gasteiger charge is -2.16. The summed E-state index contributed by atoms with van der Waals surface area (Å²) in [5.41, 5.74) is 4.22. The molecule has 1 aromatic carbocycles. The van der Waals surface area contributed by atoms with Crippen LogP contribution in [0, 0.1) is 0 Å². The van der Waals surface area contributed by atoms with Crippen molar-refractivity contribution in [3.63, 3.8) is 0 Å². The molecule has 0 aliphatic carbocycles. The maximum Gasteiger partial charge on any atom is 0.237 e. The number of aromatic nitrogens is 3. The van der Waals surface area contributed by atoms with Gasteiger partial charge in [0.2, 0.25) is 5.91 Å². The van der Waals surface area contributed by atoms with Gasteiger partial charge >= 0.3 is 0 Å². The van der Waals surface area contributed by atoms with Gasteiger partial charge in [0.05, 0.1) is 21.0 Å². The quantitative estimate of drug-likeness (QED) is 0.394. The monoisotopic (exact) mass is 424 g/mol. The lowest BCUT2D eigenvalue weighted by molar-refractivity contribution is -0.115. The molecule has 150 valence electrons. The molecule has 0 spiro atoms. The second-order valence-electron chi connectivity index (χ2n) is 6.82. The second-order valence-corrected chi connectivity index (χ2v) is 8.96. The number of hydrogen-bond donors (Lipinski definition) is 1. The maximum atomic E-state index is 13.0.